The Labute approximate surface area is 204 Å². The second-order valence-electron chi connectivity index (χ2n) is 7.79. The number of carbonyl (C=O) groups is 2. The molecular formula is C28H27N3O4. The molecule has 0 unspecified atom stereocenters. The third kappa shape index (κ3) is 5.81. The molecule has 2 aromatic carbocycles. The van der Waals surface area contributed by atoms with E-state index in [0.717, 1.165) is 22.2 Å². The maximum Gasteiger partial charge on any atom is 0.225 e. The van der Waals surface area contributed by atoms with E-state index >= 15 is 0 Å². The Morgan fingerprint density at radius 1 is 0.857 bits per heavy atom. The predicted molar refractivity (Wildman–Crippen MR) is 136 cm³/mol. The summed E-state index contributed by atoms with van der Waals surface area (Å²) in [6.45, 7) is 4.71. The molecule has 4 aromatic rings. The molecule has 0 saturated heterocycles. The summed E-state index contributed by atoms with van der Waals surface area (Å²) in [7, 11) is 0. The van der Waals surface area contributed by atoms with Gasteiger partial charge in [0.15, 0.2) is 17.3 Å². The largest absolute Gasteiger partial charge is 0.490 e. The van der Waals surface area contributed by atoms with Crippen LogP contribution in [0.25, 0.3) is 22.2 Å². The van der Waals surface area contributed by atoms with Crippen molar-refractivity contribution in [3.8, 4) is 22.8 Å². The van der Waals surface area contributed by atoms with Crippen LogP contribution in [-0.4, -0.2) is 34.9 Å². The lowest BCUT2D eigenvalue weighted by atomic mass is 10.0. The summed E-state index contributed by atoms with van der Waals surface area (Å²) in [5.74, 6) is 1.09. The number of amides is 1. The first-order chi connectivity index (χ1) is 17.1. The second-order valence-corrected chi connectivity index (χ2v) is 7.79. The fraction of sp³-hybridized carbons (Fsp3) is 0.214. The van der Waals surface area contributed by atoms with Crippen molar-refractivity contribution in [3.63, 3.8) is 0 Å². The van der Waals surface area contributed by atoms with Gasteiger partial charge in [-0.1, -0.05) is 24.3 Å². The van der Waals surface area contributed by atoms with Gasteiger partial charge in [0.2, 0.25) is 5.91 Å². The molecule has 7 nitrogen and oxygen atoms in total. The topological polar surface area (TPSA) is 90.4 Å². The fourth-order valence-corrected chi connectivity index (χ4v) is 3.77. The number of rotatable bonds is 10. The zero-order valence-electron chi connectivity index (χ0n) is 19.8. The number of nitrogens with one attached hydrogen (secondary N) is 1. The number of ketones is 1. The molecule has 0 fully saturated rings. The van der Waals surface area contributed by atoms with Gasteiger partial charge in [-0.3, -0.25) is 14.6 Å². The number of Topliss-reactive ketones (excluding diaryl/α,β-unsaturated/α-hetero) is 1. The molecule has 0 aliphatic heterocycles. The summed E-state index contributed by atoms with van der Waals surface area (Å²) in [5, 5.41) is 3.78. The number of hydrogen-bond donors (Lipinski definition) is 1. The monoisotopic (exact) mass is 469 g/mol. The van der Waals surface area contributed by atoms with Gasteiger partial charge in [0.1, 0.15) is 5.82 Å². The van der Waals surface area contributed by atoms with Crippen LogP contribution in [0.2, 0.25) is 0 Å². The summed E-state index contributed by atoms with van der Waals surface area (Å²) >= 11 is 0. The smallest absolute Gasteiger partial charge is 0.225 e. The van der Waals surface area contributed by atoms with Crippen LogP contribution < -0.4 is 14.8 Å². The number of carbonyl (C=O) groups excluding carboxylic acids is 2. The Hall–Kier alpha value is -4.26. The average Bonchev–Trinajstić information content (AvgIpc) is 2.88. The average molecular weight is 470 g/mol. The predicted octanol–water partition coefficient (Wildman–Crippen LogP) is 5.70. The molecule has 0 saturated carbocycles. The normalized spacial score (nSPS) is 10.7. The van der Waals surface area contributed by atoms with Crippen molar-refractivity contribution in [2.45, 2.75) is 26.7 Å². The van der Waals surface area contributed by atoms with Gasteiger partial charge in [-0.05, 0) is 56.3 Å². The van der Waals surface area contributed by atoms with Crippen LogP contribution in [0.3, 0.4) is 0 Å². The number of pyridine rings is 2. The van der Waals surface area contributed by atoms with Crippen LogP contribution >= 0.6 is 0 Å². The number of aromatic nitrogens is 2. The Bertz CT molecular complexity index is 1340. The highest BCUT2D eigenvalue weighted by molar-refractivity contribution is 6.01. The standard InChI is InChI=1S/C28H27N3O4/c1-3-34-25-14-12-19(17-26(25)35-4-2)24(32)13-15-28(33)31-27-18-21(22-10-7-8-16-29-22)20-9-5-6-11-23(20)30-27/h5-12,14,16-18H,3-4,13,15H2,1-2H3,(H,30,31,33). The summed E-state index contributed by atoms with van der Waals surface area (Å²) in [6, 6.07) is 20.3. The summed E-state index contributed by atoms with van der Waals surface area (Å²) < 4.78 is 11.1. The Kier molecular flexibility index (Phi) is 7.67. The van der Waals surface area contributed by atoms with E-state index in [1.165, 1.54) is 0 Å². The lowest BCUT2D eigenvalue weighted by Crippen LogP contribution is -2.14. The molecule has 0 aliphatic carbocycles. The van der Waals surface area contributed by atoms with E-state index in [2.05, 4.69) is 15.3 Å². The van der Waals surface area contributed by atoms with Gasteiger partial charge >= 0.3 is 0 Å². The molecule has 2 aromatic heterocycles. The van der Waals surface area contributed by atoms with Crippen LogP contribution in [0, 0.1) is 0 Å². The molecule has 0 spiro atoms. The third-order valence-electron chi connectivity index (χ3n) is 5.37. The third-order valence-corrected chi connectivity index (χ3v) is 5.37. The number of ether oxygens (including phenoxy) is 2. The Balaban J connectivity index is 1.47. The van der Waals surface area contributed by atoms with Gasteiger partial charge in [0.25, 0.3) is 0 Å². The van der Waals surface area contributed by atoms with E-state index < -0.39 is 0 Å². The van der Waals surface area contributed by atoms with Crippen molar-refractivity contribution in [1.82, 2.24) is 9.97 Å². The summed E-state index contributed by atoms with van der Waals surface area (Å²) in [6.07, 6.45) is 1.82. The SMILES string of the molecule is CCOc1ccc(C(=O)CCC(=O)Nc2cc(-c3ccccn3)c3ccccc3n2)cc1OCC. The summed E-state index contributed by atoms with van der Waals surface area (Å²) in [5.41, 5.74) is 2.89. The van der Waals surface area contributed by atoms with E-state index in [1.807, 2.05) is 62.4 Å². The minimum absolute atomic E-state index is 0.0312. The molecule has 7 heteroatoms. The van der Waals surface area contributed by atoms with Gasteiger partial charge in [0, 0.05) is 35.6 Å². The highest BCUT2D eigenvalue weighted by Gasteiger charge is 2.15. The quantitative estimate of drug-likeness (QED) is 0.300. The highest BCUT2D eigenvalue weighted by atomic mass is 16.5. The Morgan fingerprint density at radius 3 is 2.40 bits per heavy atom. The van der Waals surface area contributed by atoms with Gasteiger partial charge in [-0.15, -0.1) is 0 Å². The maximum absolute atomic E-state index is 12.7. The number of anilines is 1. The number of para-hydroxylation sites is 1. The van der Waals surface area contributed by atoms with Crippen molar-refractivity contribution in [2.24, 2.45) is 0 Å². The minimum atomic E-state index is -0.288. The van der Waals surface area contributed by atoms with Crippen molar-refractivity contribution < 1.29 is 19.1 Å². The van der Waals surface area contributed by atoms with Crippen LogP contribution in [-0.2, 0) is 4.79 Å². The first-order valence-corrected chi connectivity index (χ1v) is 11.6. The molecule has 0 aliphatic rings. The molecule has 4 rings (SSSR count). The van der Waals surface area contributed by atoms with Crippen LogP contribution in [0.15, 0.2) is 72.9 Å². The zero-order chi connectivity index (χ0) is 24.6. The zero-order valence-corrected chi connectivity index (χ0v) is 19.8. The van der Waals surface area contributed by atoms with Crippen LogP contribution in [0.5, 0.6) is 11.5 Å². The molecule has 1 amide bonds. The number of benzene rings is 2. The molecule has 178 valence electrons. The highest BCUT2D eigenvalue weighted by Crippen LogP contribution is 2.30. The van der Waals surface area contributed by atoms with Gasteiger partial charge in [-0.2, -0.15) is 0 Å². The molecular weight excluding hydrogens is 442 g/mol. The number of nitrogens with zero attached hydrogens (tertiary/aromatic N) is 2. The second kappa shape index (κ2) is 11.2. The van der Waals surface area contributed by atoms with Crippen molar-refractivity contribution in [3.05, 3.63) is 78.5 Å². The molecule has 2 heterocycles. The first kappa shape index (κ1) is 23.9. The number of fused-ring (bicyclic) bond motifs is 1. The van der Waals surface area contributed by atoms with E-state index in [9.17, 15) is 9.59 Å². The minimum Gasteiger partial charge on any atom is -0.490 e. The maximum atomic E-state index is 12.7. The van der Waals surface area contributed by atoms with Gasteiger partial charge in [0.05, 0.1) is 24.4 Å². The molecule has 0 bridgehead atoms. The van der Waals surface area contributed by atoms with E-state index in [0.29, 0.717) is 36.1 Å². The Morgan fingerprint density at radius 2 is 1.63 bits per heavy atom. The first-order valence-electron chi connectivity index (χ1n) is 11.6. The van der Waals surface area contributed by atoms with E-state index in [4.69, 9.17) is 9.47 Å². The lowest BCUT2D eigenvalue weighted by Gasteiger charge is -2.12. The molecule has 0 radical (unpaired) electrons. The fourth-order valence-electron chi connectivity index (χ4n) is 3.77. The molecule has 1 N–H and O–H groups in total. The van der Waals surface area contributed by atoms with Crippen molar-refractivity contribution in [2.75, 3.05) is 18.5 Å². The van der Waals surface area contributed by atoms with Crippen molar-refractivity contribution >= 4 is 28.4 Å². The molecule has 0 atom stereocenters. The lowest BCUT2D eigenvalue weighted by molar-refractivity contribution is -0.116. The number of hydrogen-bond acceptors (Lipinski definition) is 6. The van der Waals surface area contributed by atoms with E-state index in [-0.39, 0.29) is 24.5 Å². The van der Waals surface area contributed by atoms with Crippen molar-refractivity contribution in [1.29, 1.82) is 0 Å². The van der Waals surface area contributed by atoms with Gasteiger partial charge < -0.3 is 14.8 Å². The van der Waals surface area contributed by atoms with E-state index in [1.54, 1.807) is 24.4 Å². The van der Waals surface area contributed by atoms with Gasteiger partial charge in [-0.25, -0.2) is 4.98 Å². The van der Waals surface area contributed by atoms with Crippen LogP contribution in [0.1, 0.15) is 37.0 Å². The summed E-state index contributed by atoms with van der Waals surface area (Å²) in [4.78, 5) is 34.4. The van der Waals surface area contributed by atoms with Crippen LogP contribution in [0.4, 0.5) is 5.82 Å². The molecule has 35 heavy (non-hydrogen) atoms.